The molecule has 1 aromatic heterocycles. The van der Waals surface area contributed by atoms with Gasteiger partial charge in [-0.15, -0.1) is 0 Å². The zero-order valence-electron chi connectivity index (χ0n) is 6.54. The summed E-state index contributed by atoms with van der Waals surface area (Å²) < 4.78 is 0. The van der Waals surface area contributed by atoms with E-state index in [1.165, 1.54) is 0 Å². The summed E-state index contributed by atoms with van der Waals surface area (Å²) in [4.78, 5) is 4.12. The van der Waals surface area contributed by atoms with Gasteiger partial charge < -0.3 is 5.32 Å². The number of rotatable bonds is 2. The smallest absolute Gasteiger partial charge is 0.137 e. The lowest BCUT2D eigenvalue weighted by Gasteiger charge is -2.31. The number of H-pyrrole nitrogens is 1. The second-order valence-electron chi connectivity index (χ2n) is 3.08. The van der Waals surface area contributed by atoms with Crippen LogP contribution >= 0.6 is 0 Å². The molecule has 0 aromatic carbocycles. The van der Waals surface area contributed by atoms with Crippen molar-refractivity contribution >= 4 is 0 Å². The Morgan fingerprint density at radius 2 is 2.45 bits per heavy atom. The summed E-state index contributed by atoms with van der Waals surface area (Å²) in [6.45, 7) is 4.41. The topological polar surface area (TPSA) is 53.6 Å². The average molecular weight is 152 g/mol. The number of aromatic amines is 1. The van der Waals surface area contributed by atoms with Gasteiger partial charge in [0.05, 0.1) is 0 Å². The summed E-state index contributed by atoms with van der Waals surface area (Å²) in [6, 6.07) is 0. The summed E-state index contributed by atoms with van der Waals surface area (Å²) >= 11 is 0. The fraction of sp³-hybridized carbons (Fsp3) is 0.714. The van der Waals surface area contributed by atoms with E-state index in [-0.39, 0.29) is 0 Å². The second-order valence-corrected chi connectivity index (χ2v) is 3.08. The molecule has 1 fully saturated rings. The van der Waals surface area contributed by atoms with E-state index in [4.69, 9.17) is 0 Å². The zero-order chi connectivity index (χ0) is 7.68. The highest BCUT2D eigenvalue weighted by molar-refractivity contribution is 4.98. The summed E-state index contributed by atoms with van der Waals surface area (Å²) in [5.74, 6) is 2.26. The highest BCUT2D eigenvalue weighted by Gasteiger charge is 2.26. The SMILES string of the molecule is CC(c1ncn[nH]1)C1CNC1. The minimum atomic E-state index is 0.513. The molecule has 1 aliphatic heterocycles. The number of nitrogens with one attached hydrogen (secondary N) is 2. The van der Waals surface area contributed by atoms with Crippen molar-refractivity contribution in [1.29, 1.82) is 0 Å². The number of hydrogen-bond donors (Lipinski definition) is 2. The summed E-state index contributed by atoms with van der Waals surface area (Å²) in [6.07, 6.45) is 1.57. The van der Waals surface area contributed by atoms with Gasteiger partial charge in [-0.2, -0.15) is 5.10 Å². The third-order valence-corrected chi connectivity index (χ3v) is 2.39. The van der Waals surface area contributed by atoms with E-state index in [0.29, 0.717) is 5.92 Å². The molecule has 4 heteroatoms. The Morgan fingerprint density at radius 1 is 1.64 bits per heavy atom. The molecule has 1 atom stereocenters. The average Bonchev–Trinajstić information content (AvgIpc) is 2.32. The fourth-order valence-electron chi connectivity index (χ4n) is 1.32. The molecule has 1 unspecified atom stereocenters. The minimum Gasteiger partial charge on any atom is -0.316 e. The molecule has 2 rings (SSSR count). The fourth-order valence-corrected chi connectivity index (χ4v) is 1.32. The van der Waals surface area contributed by atoms with E-state index in [1.54, 1.807) is 6.33 Å². The van der Waals surface area contributed by atoms with Crippen LogP contribution in [0.1, 0.15) is 18.7 Å². The lowest BCUT2D eigenvalue weighted by atomic mass is 9.88. The number of hydrogen-bond acceptors (Lipinski definition) is 3. The van der Waals surface area contributed by atoms with Crippen LogP contribution in [0.3, 0.4) is 0 Å². The first kappa shape index (κ1) is 6.79. The molecular weight excluding hydrogens is 140 g/mol. The Labute approximate surface area is 65.4 Å². The normalized spacial score (nSPS) is 21.2. The van der Waals surface area contributed by atoms with E-state index >= 15 is 0 Å². The van der Waals surface area contributed by atoms with Crippen LogP contribution in [0.2, 0.25) is 0 Å². The summed E-state index contributed by atoms with van der Waals surface area (Å²) in [5, 5.41) is 9.97. The van der Waals surface area contributed by atoms with E-state index in [0.717, 1.165) is 24.8 Å². The van der Waals surface area contributed by atoms with Crippen LogP contribution in [-0.2, 0) is 0 Å². The standard InChI is InChI=1S/C7H12N4/c1-5(6-2-8-3-6)7-9-4-10-11-7/h4-6,8H,2-3H2,1H3,(H,9,10,11). The molecule has 2 N–H and O–H groups in total. The monoisotopic (exact) mass is 152 g/mol. The van der Waals surface area contributed by atoms with E-state index in [1.807, 2.05) is 0 Å². The molecule has 0 aliphatic carbocycles. The van der Waals surface area contributed by atoms with Gasteiger partial charge in [0, 0.05) is 5.92 Å². The van der Waals surface area contributed by atoms with E-state index < -0.39 is 0 Å². The molecule has 60 valence electrons. The third-order valence-electron chi connectivity index (χ3n) is 2.39. The van der Waals surface area contributed by atoms with Crippen LogP contribution < -0.4 is 5.32 Å². The van der Waals surface area contributed by atoms with Crippen molar-refractivity contribution in [3.05, 3.63) is 12.2 Å². The molecule has 0 spiro atoms. The molecular formula is C7H12N4. The lowest BCUT2D eigenvalue weighted by molar-refractivity contribution is 0.296. The van der Waals surface area contributed by atoms with Gasteiger partial charge in [-0.1, -0.05) is 6.92 Å². The molecule has 0 bridgehead atoms. The maximum Gasteiger partial charge on any atom is 0.137 e. The minimum absolute atomic E-state index is 0.513. The van der Waals surface area contributed by atoms with Crippen LogP contribution in [-0.4, -0.2) is 28.3 Å². The Hall–Kier alpha value is -0.900. The zero-order valence-corrected chi connectivity index (χ0v) is 6.54. The molecule has 0 saturated carbocycles. The first-order valence-electron chi connectivity index (χ1n) is 3.94. The van der Waals surface area contributed by atoms with Crippen molar-refractivity contribution in [2.45, 2.75) is 12.8 Å². The van der Waals surface area contributed by atoms with Gasteiger partial charge in [-0.25, -0.2) is 4.98 Å². The Kier molecular flexibility index (Phi) is 1.62. The Bertz CT molecular complexity index is 214. The third kappa shape index (κ3) is 1.14. The maximum absolute atomic E-state index is 4.12. The molecule has 0 radical (unpaired) electrons. The number of aromatic nitrogens is 3. The van der Waals surface area contributed by atoms with Crippen LogP contribution in [0.5, 0.6) is 0 Å². The number of nitrogens with zero attached hydrogens (tertiary/aromatic N) is 2. The van der Waals surface area contributed by atoms with Gasteiger partial charge in [-0.3, -0.25) is 5.10 Å². The summed E-state index contributed by atoms with van der Waals surface area (Å²) in [7, 11) is 0. The molecule has 4 nitrogen and oxygen atoms in total. The van der Waals surface area contributed by atoms with Gasteiger partial charge in [-0.05, 0) is 19.0 Å². The largest absolute Gasteiger partial charge is 0.316 e. The first-order chi connectivity index (χ1) is 5.38. The Balaban J connectivity index is 2.04. The van der Waals surface area contributed by atoms with Crippen LogP contribution in [0.4, 0.5) is 0 Å². The van der Waals surface area contributed by atoms with Crippen molar-refractivity contribution in [1.82, 2.24) is 20.5 Å². The molecule has 1 saturated heterocycles. The first-order valence-corrected chi connectivity index (χ1v) is 3.94. The highest BCUT2D eigenvalue weighted by atomic mass is 15.2. The van der Waals surface area contributed by atoms with Crippen molar-refractivity contribution in [3.8, 4) is 0 Å². The molecule has 2 heterocycles. The van der Waals surface area contributed by atoms with E-state index in [9.17, 15) is 0 Å². The van der Waals surface area contributed by atoms with Crippen molar-refractivity contribution in [3.63, 3.8) is 0 Å². The van der Waals surface area contributed by atoms with Gasteiger partial charge in [0.1, 0.15) is 12.2 Å². The molecule has 1 aliphatic rings. The predicted molar refractivity (Wildman–Crippen MR) is 41.2 cm³/mol. The van der Waals surface area contributed by atoms with E-state index in [2.05, 4.69) is 27.4 Å². The van der Waals surface area contributed by atoms with Gasteiger partial charge in [0.15, 0.2) is 0 Å². The van der Waals surface area contributed by atoms with Crippen molar-refractivity contribution < 1.29 is 0 Å². The van der Waals surface area contributed by atoms with Crippen molar-refractivity contribution in [2.75, 3.05) is 13.1 Å². The van der Waals surface area contributed by atoms with Crippen LogP contribution in [0.25, 0.3) is 0 Å². The maximum atomic E-state index is 4.12. The second kappa shape index (κ2) is 2.62. The van der Waals surface area contributed by atoms with Gasteiger partial charge in [0.25, 0.3) is 0 Å². The summed E-state index contributed by atoms with van der Waals surface area (Å²) in [5.41, 5.74) is 0. The van der Waals surface area contributed by atoms with Crippen LogP contribution in [0.15, 0.2) is 6.33 Å². The Morgan fingerprint density at radius 3 is 2.91 bits per heavy atom. The van der Waals surface area contributed by atoms with Crippen LogP contribution in [0, 0.1) is 5.92 Å². The van der Waals surface area contributed by atoms with Gasteiger partial charge in [0.2, 0.25) is 0 Å². The predicted octanol–water partition coefficient (Wildman–Crippen LogP) is 0.128. The highest BCUT2D eigenvalue weighted by Crippen LogP contribution is 2.23. The van der Waals surface area contributed by atoms with Gasteiger partial charge >= 0.3 is 0 Å². The molecule has 11 heavy (non-hydrogen) atoms. The molecule has 0 amide bonds. The molecule has 1 aromatic rings. The quantitative estimate of drug-likeness (QED) is 0.633. The lowest BCUT2D eigenvalue weighted by Crippen LogP contribution is -2.44. The van der Waals surface area contributed by atoms with Crippen molar-refractivity contribution in [2.24, 2.45) is 5.92 Å².